The summed E-state index contributed by atoms with van der Waals surface area (Å²) in [7, 11) is -1.76. The third-order valence-corrected chi connectivity index (χ3v) is 6.06. The topological polar surface area (TPSA) is 49.9 Å². The Morgan fingerprint density at radius 1 is 1.17 bits per heavy atom. The van der Waals surface area contributed by atoms with Crippen molar-refractivity contribution in [3.63, 3.8) is 0 Å². The molecule has 0 bridgehead atoms. The zero-order valence-corrected chi connectivity index (χ0v) is 15.3. The number of benzene rings is 1. The van der Waals surface area contributed by atoms with Crippen LogP contribution >= 0.6 is 0 Å². The van der Waals surface area contributed by atoms with Crippen LogP contribution in [0.25, 0.3) is 0 Å². The van der Waals surface area contributed by atoms with Crippen molar-refractivity contribution in [3.8, 4) is 5.75 Å². The highest BCUT2D eigenvalue weighted by Gasteiger charge is 2.33. The van der Waals surface area contributed by atoms with Crippen molar-refractivity contribution in [1.29, 1.82) is 0 Å². The zero-order valence-electron chi connectivity index (χ0n) is 14.5. The van der Waals surface area contributed by atoms with Gasteiger partial charge in [0.15, 0.2) is 0 Å². The first kappa shape index (κ1) is 18.2. The van der Waals surface area contributed by atoms with Crippen LogP contribution in [0.15, 0.2) is 24.3 Å². The predicted molar refractivity (Wildman–Crippen MR) is 92.5 cm³/mol. The summed E-state index contributed by atoms with van der Waals surface area (Å²) in [5.41, 5.74) is 0.956. The smallest absolute Gasteiger partial charge is 0.282 e. The molecule has 1 aromatic carbocycles. The van der Waals surface area contributed by atoms with Crippen LogP contribution in [0.3, 0.4) is 0 Å². The van der Waals surface area contributed by atoms with E-state index in [1.807, 2.05) is 31.2 Å². The van der Waals surface area contributed by atoms with Crippen molar-refractivity contribution >= 4 is 10.2 Å². The number of hydrogen-bond donors (Lipinski definition) is 0. The minimum atomic E-state index is -3.41. The summed E-state index contributed by atoms with van der Waals surface area (Å²) in [6.45, 7) is 8.39. The fraction of sp³-hybridized carbons (Fsp3) is 0.647. The van der Waals surface area contributed by atoms with Crippen LogP contribution in [0, 0.1) is 11.8 Å². The lowest BCUT2D eigenvalue weighted by Gasteiger charge is -2.36. The van der Waals surface area contributed by atoms with E-state index in [0.29, 0.717) is 38.1 Å². The maximum Gasteiger partial charge on any atom is 0.282 e. The van der Waals surface area contributed by atoms with Gasteiger partial charge in [-0.1, -0.05) is 26.0 Å². The molecule has 2 atom stereocenters. The molecule has 6 heteroatoms. The summed E-state index contributed by atoms with van der Waals surface area (Å²) in [5.74, 6) is 1.63. The summed E-state index contributed by atoms with van der Waals surface area (Å²) in [6, 6.07) is 7.59. The second-order valence-electron chi connectivity index (χ2n) is 6.60. The molecule has 1 aliphatic heterocycles. The third-order valence-electron chi connectivity index (χ3n) is 4.20. The van der Waals surface area contributed by atoms with E-state index in [0.717, 1.165) is 17.7 Å². The van der Waals surface area contributed by atoms with E-state index in [9.17, 15) is 8.42 Å². The third kappa shape index (κ3) is 4.68. The van der Waals surface area contributed by atoms with Crippen LogP contribution < -0.4 is 4.74 Å². The fourth-order valence-corrected chi connectivity index (χ4v) is 4.78. The van der Waals surface area contributed by atoms with E-state index in [1.165, 1.54) is 4.31 Å². The summed E-state index contributed by atoms with van der Waals surface area (Å²) in [5, 5.41) is 0. The molecule has 2 rings (SSSR count). The molecule has 1 fully saturated rings. The summed E-state index contributed by atoms with van der Waals surface area (Å²) in [4.78, 5) is 0. The van der Waals surface area contributed by atoms with Crippen molar-refractivity contribution in [2.75, 3.05) is 26.7 Å². The lowest BCUT2D eigenvalue weighted by atomic mass is 9.94. The molecule has 0 amide bonds. The summed E-state index contributed by atoms with van der Waals surface area (Å²) in [6.07, 6.45) is 1.09. The van der Waals surface area contributed by atoms with Gasteiger partial charge in [-0.15, -0.1) is 0 Å². The lowest BCUT2D eigenvalue weighted by molar-refractivity contribution is 0.211. The van der Waals surface area contributed by atoms with Gasteiger partial charge in [0.2, 0.25) is 0 Å². The second kappa shape index (κ2) is 7.64. The Morgan fingerprint density at radius 3 is 2.26 bits per heavy atom. The highest BCUT2D eigenvalue weighted by Crippen LogP contribution is 2.25. The Labute approximate surface area is 140 Å². The quantitative estimate of drug-likeness (QED) is 0.800. The standard InChI is InChI=1S/C17H28N2O3S/c1-5-22-17-8-6-16(7-9-17)13-18(4)23(20,21)19-11-14(2)10-15(3)12-19/h6-9,14-15H,5,10-13H2,1-4H3. The average molecular weight is 340 g/mol. The Balaban J connectivity index is 2.04. The molecular formula is C17H28N2O3S. The van der Waals surface area contributed by atoms with Gasteiger partial charge >= 0.3 is 0 Å². The van der Waals surface area contributed by atoms with Crippen LogP contribution in [0.4, 0.5) is 0 Å². The van der Waals surface area contributed by atoms with E-state index >= 15 is 0 Å². The summed E-state index contributed by atoms with van der Waals surface area (Å²) >= 11 is 0. The maximum atomic E-state index is 12.8. The van der Waals surface area contributed by atoms with Gasteiger partial charge in [0, 0.05) is 26.7 Å². The second-order valence-corrected chi connectivity index (χ2v) is 8.64. The van der Waals surface area contributed by atoms with Gasteiger partial charge in [0.1, 0.15) is 5.75 Å². The molecule has 2 unspecified atom stereocenters. The zero-order chi connectivity index (χ0) is 17.0. The monoisotopic (exact) mass is 340 g/mol. The van der Waals surface area contributed by atoms with Crippen LogP contribution in [0.1, 0.15) is 32.8 Å². The highest BCUT2D eigenvalue weighted by atomic mass is 32.2. The van der Waals surface area contributed by atoms with Gasteiger partial charge in [0.25, 0.3) is 10.2 Å². The van der Waals surface area contributed by atoms with Crippen LogP contribution in [-0.4, -0.2) is 43.8 Å². The molecule has 23 heavy (non-hydrogen) atoms. The first-order valence-corrected chi connectivity index (χ1v) is 9.65. The van der Waals surface area contributed by atoms with Gasteiger partial charge in [-0.3, -0.25) is 0 Å². The number of hydrogen-bond acceptors (Lipinski definition) is 3. The lowest BCUT2D eigenvalue weighted by Crippen LogP contribution is -2.48. The molecule has 0 radical (unpaired) electrons. The molecular weight excluding hydrogens is 312 g/mol. The van der Waals surface area contributed by atoms with E-state index in [-0.39, 0.29) is 0 Å². The Kier molecular flexibility index (Phi) is 6.06. The molecule has 0 N–H and O–H groups in total. The fourth-order valence-electron chi connectivity index (χ4n) is 3.19. The van der Waals surface area contributed by atoms with Gasteiger partial charge in [0.05, 0.1) is 6.61 Å². The van der Waals surface area contributed by atoms with Crippen molar-refractivity contribution < 1.29 is 13.2 Å². The number of ether oxygens (including phenoxy) is 1. The largest absolute Gasteiger partial charge is 0.494 e. The Hall–Kier alpha value is -1.11. The number of rotatable bonds is 6. The molecule has 0 aromatic heterocycles. The average Bonchev–Trinajstić information content (AvgIpc) is 2.48. The molecule has 5 nitrogen and oxygen atoms in total. The molecule has 1 saturated heterocycles. The molecule has 1 aromatic rings. The molecule has 0 saturated carbocycles. The van der Waals surface area contributed by atoms with Crippen molar-refractivity contribution in [2.24, 2.45) is 11.8 Å². The highest BCUT2D eigenvalue weighted by molar-refractivity contribution is 7.86. The number of nitrogens with zero attached hydrogens (tertiary/aromatic N) is 2. The minimum absolute atomic E-state index is 0.369. The van der Waals surface area contributed by atoms with Crippen molar-refractivity contribution in [3.05, 3.63) is 29.8 Å². The molecule has 1 heterocycles. The van der Waals surface area contributed by atoms with Crippen LogP contribution in [-0.2, 0) is 16.8 Å². The molecule has 1 aliphatic rings. The Bertz CT molecular complexity index is 591. The van der Waals surface area contributed by atoms with Crippen LogP contribution in [0.5, 0.6) is 5.75 Å². The van der Waals surface area contributed by atoms with Crippen LogP contribution in [0.2, 0.25) is 0 Å². The normalized spacial score (nSPS) is 23.2. The van der Waals surface area contributed by atoms with Crippen molar-refractivity contribution in [2.45, 2.75) is 33.7 Å². The molecule has 0 aliphatic carbocycles. The van der Waals surface area contributed by atoms with Gasteiger partial charge < -0.3 is 4.74 Å². The van der Waals surface area contributed by atoms with E-state index in [2.05, 4.69) is 13.8 Å². The van der Waals surface area contributed by atoms with Gasteiger partial charge in [-0.05, 0) is 42.9 Å². The maximum absolute atomic E-state index is 12.8. The molecule has 130 valence electrons. The first-order chi connectivity index (χ1) is 10.8. The van der Waals surface area contributed by atoms with Crippen molar-refractivity contribution in [1.82, 2.24) is 8.61 Å². The van der Waals surface area contributed by atoms with E-state index in [1.54, 1.807) is 11.4 Å². The van der Waals surface area contributed by atoms with E-state index < -0.39 is 10.2 Å². The summed E-state index contributed by atoms with van der Waals surface area (Å²) < 4.78 is 34.0. The first-order valence-electron chi connectivity index (χ1n) is 8.26. The van der Waals surface area contributed by atoms with Gasteiger partial charge in [-0.2, -0.15) is 17.0 Å². The van der Waals surface area contributed by atoms with Gasteiger partial charge in [-0.25, -0.2) is 0 Å². The number of piperidine rings is 1. The molecule has 0 spiro atoms. The minimum Gasteiger partial charge on any atom is -0.494 e. The predicted octanol–water partition coefficient (Wildman–Crippen LogP) is 2.74. The SMILES string of the molecule is CCOc1ccc(CN(C)S(=O)(=O)N2CC(C)CC(C)C2)cc1. The van der Waals surface area contributed by atoms with E-state index in [4.69, 9.17) is 4.74 Å². The Morgan fingerprint density at radius 2 is 1.74 bits per heavy atom.